The number of benzene rings is 2. The molecule has 3 aromatic rings. The molecule has 0 spiro atoms. The second kappa shape index (κ2) is 7.64. The summed E-state index contributed by atoms with van der Waals surface area (Å²) in [5.41, 5.74) is 7.26. The van der Waals surface area contributed by atoms with Crippen LogP contribution in [-0.4, -0.2) is 8.07 Å². The van der Waals surface area contributed by atoms with Gasteiger partial charge in [0, 0.05) is 6.07 Å². The maximum atomic E-state index is 2.57. The van der Waals surface area contributed by atoms with E-state index in [9.17, 15) is 0 Å². The van der Waals surface area contributed by atoms with Gasteiger partial charge in [0.05, 0.1) is 19.0 Å². The van der Waals surface area contributed by atoms with E-state index in [2.05, 4.69) is 74.6 Å². The average Bonchev–Trinajstić information content (AvgIpc) is 2.74. The number of aromatic nitrogens is 1. The highest BCUT2D eigenvalue weighted by Gasteiger charge is 2.36. The van der Waals surface area contributed by atoms with Crippen LogP contribution in [0.1, 0.15) is 61.1 Å². The van der Waals surface area contributed by atoms with Crippen molar-refractivity contribution in [2.75, 3.05) is 0 Å². The molecule has 1 aromatic heterocycles. The van der Waals surface area contributed by atoms with Gasteiger partial charge in [-0.1, -0.05) is 67.7 Å². The Bertz CT molecular complexity index is 1100. The average molecular weight is 415 g/mol. The summed E-state index contributed by atoms with van der Waals surface area (Å²) in [4.78, 5) is 0. The molecular formula is C28H36NSi+. The Hall–Kier alpha value is -1.93. The van der Waals surface area contributed by atoms with Crippen LogP contribution in [0.4, 0.5) is 0 Å². The van der Waals surface area contributed by atoms with Gasteiger partial charge in [0.25, 0.3) is 0 Å². The predicted octanol–water partition coefficient (Wildman–Crippen LogP) is 6.69. The number of aryl methyl sites for hydroxylation is 2. The molecular weight excluding hydrogens is 378 g/mol. The maximum absolute atomic E-state index is 2.57. The first-order chi connectivity index (χ1) is 14.5. The van der Waals surface area contributed by atoms with Gasteiger partial charge in [-0.05, 0) is 66.8 Å². The molecule has 0 unspecified atom stereocenters. The van der Waals surface area contributed by atoms with E-state index in [0.717, 1.165) is 5.92 Å². The van der Waals surface area contributed by atoms with Crippen LogP contribution in [0.15, 0.2) is 42.6 Å². The normalized spacial score (nSPS) is 19.1. The van der Waals surface area contributed by atoms with Crippen molar-refractivity contribution in [1.29, 1.82) is 0 Å². The van der Waals surface area contributed by atoms with E-state index < -0.39 is 8.07 Å². The summed E-state index contributed by atoms with van der Waals surface area (Å²) in [7, 11) is 1.06. The van der Waals surface area contributed by atoms with E-state index in [-0.39, 0.29) is 0 Å². The number of fused-ring (bicyclic) bond motifs is 1. The van der Waals surface area contributed by atoms with Crippen molar-refractivity contribution in [2.24, 2.45) is 7.05 Å². The van der Waals surface area contributed by atoms with Gasteiger partial charge in [0.15, 0.2) is 6.20 Å². The molecule has 1 aliphatic heterocycles. The minimum absolute atomic E-state index is 0.744. The van der Waals surface area contributed by atoms with Gasteiger partial charge in [0.1, 0.15) is 7.05 Å². The lowest BCUT2D eigenvalue weighted by molar-refractivity contribution is -0.659. The molecule has 1 saturated carbocycles. The molecule has 0 amide bonds. The minimum Gasteiger partial charge on any atom is -0.200 e. The van der Waals surface area contributed by atoms with E-state index >= 15 is 0 Å². The first-order valence-corrected chi connectivity index (χ1v) is 14.9. The Morgan fingerprint density at radius 2 is 1.67 bits per heavy atom. The van der Waals surface area contributed by atoms with Crippen LogP contribution in [-0.2, 0) is 7.05 Å². The first-order valence-electron chi connectivity index (χ1n) is 12.0. The second-order valence-corrected chi connectivity index (χ2v) is 15.0. The highest BCUT2D eigenvalue weighted by atomic mass is 28.3. The minimum atomic E-state index is -1.16. The number of hydrogen-bond donors (Lipinski definition) is 0. The molecule has 30 heavy (non-hydrogen) atoms. The molecule has 0 bridgehead atoms. The van der Waals surface area contributed by atoms with Gasteiger partial charge in [-0.15, -0.1) is 0 Å². The SMILES string of the molecule is Cc1cc(C2CCCCC2)cc(-c2c3ccc([Si]4(C)CCC4)cc3cc[n+]2C)c1C. The zero-order valence-electron chi connectivity index (χ0n) is 19.2. The fourth-order valence-electron chi connectivity index (χ4n) is 5.88. The first kappa shape index (κ1) is 20.0. The van der Waals surface area contributed by atoms with E-state index in [4.69, 9.17) is 0 Å². The quantitative estimate of drug-likeness (QED) is 0.332. The van der Waals surface area contributed by atoms with Crippen molar-refractivity contribution < 1.29 is 4.57 Å². The highest BCUT2D eigenvalue weighted by Crippen LogP contribution is 2.38. The summed E-state index contributed by atoms with van der Waals surface area (Å²) >= 11 is 0. The van der Waals surface area contributed by atoms with Crippen molar-refractivity contribution in [3.05, 3.63) is 59.3 Å². The van der Waals surface area contributed by atoms with Gasteiger partial charge in [0.2, 0.25) is 5.69 Å². The Labute approximate surface area is 183 Å². The molecule has 5 rings (SSSR count). The van der Waals surface area contributed by atoms with Crippen molar-refractivity contribution in [2.45, 2.75) is 76.9 Å². The summed E-state index contributed by atoms with van der Waals surface area (Å²) in [5, 5.41) is 4.48. The Morgan fingerprint density at radius 1 is 0.900 bits per heavy atom. The summed E-state index contributed by atoms with van der Waals surface area (Å²) in [5.74, 6) is 0.744. The lowest BCUT2D eigenvalue weighted by Gasteiger charge is -2.36. The smallest absolute Gasteiger partial charge is 0.200 e. The van der Waals surface area contributed by atoms with Gasteiger partial charge < -0.3 is 0 Å². The van der Waals surface area contributed by atoms with E-state index in [1.54, 1.807) is 10.8 Å². The van der Waals surface area contributed by atoms with Crippen molar-refractivity contribution in [3.63, 3.8) is 0 Å². The van der Waals surface area contributed by atoms with Crippen LogP contribution in [0.5, 0.6) is 0 Å². The fraction of sp³-hybridized carbons (Fsp3) is 0.464. The van der Waals surface area contributed by atoms with Crippen LogP contribution in [0.2, 0.25) is 18.6 Å². The molecule has 2 aliphatic rings. The largest absolute Gasteiger partial charge is 0.220 e. The molecule has 1 nitrogen and oxygen atoms in total. The summed E-state index contributed by atoms with van der Waals surface area (Å²) in [6.07, 6.45) is 10.6. The Morgan fingerprint density at radius 3 is 2.37 bits per heavy atom. The van der Waals surface area contributed by atoms with Gasteiger partial charge >= 0.3 is 0 Å². The molecule has 2 heterocycles. The van der Waals surface area contributed by atoms with Crippen LogP contribution in [0, 0.1) is 13.8 Å². The second-order valence-electron chi connectivity index (χ2n) is 10.3. The third kappa shape index (κ3) is 3.34. The molecule has 2 aromatic carbocycles. The van der Waals surface area contributed by atoms with Crippen molar-refractivity contribution in [1.82, 2.24) is 0 Å². The highest BCUT2D eigenvalue weighted by molar-refractivity contribution is 6.93. The van der Waals surface area contributed by atoms with E-state index in [1.807, 2.05) is 0 Å². The zero-order valence-corrected chi connectivity index (χ0v) is 20.2. The van der Waals surface area contributed by atoms with Crippen LogP contribution in [0.25, 0.3) is 22.0 Å². The molecule has 0 atom stereocenters. The van der Waals surface area contributed by atoms with Crippen molar-refractivity contribution >= 4 is 24.0 Å². The summed E-state index contributed by atoms with van der Waals surface area (Å²) in [6, 6.07) is 17.7. The lowest BCUT2D eigenvalue weighted by Crippen LogP contribution is -2.50. The third-order valence-corrected chi connectivity index (χ3v) is 12.9. The Balaban J connectivity index is 1.66. The van der Waals surface area contributed by atoms with Crippen LogP contribution < -0.4 is 9.75 Å². The molecule has 1 aliphatic carbocycles. The molecule has 156 valence electrons. The Kier molecular flexibility index (Phi) is 5.09. The lowest BCUT2D eigenvalue weighted by atomic mass is 9.81. The molecule has 2 heteroatoms. The molecule has 0 radical (unpaired) electrons. The zero-order chi connectivity index (χ0) is 20.9. The van der Waals surface area contributed by atoms with Crippen LogP contribution in [0.3, 0.4) is 0 Å². The van der Waals surface area contributed by atoms with Gasteiger partial charge in [-0.3, -0.25) is 0 Å². The van der Waals surface area contributed by atoms with Gasteiger partial charge in [-0.2, -0.15) is 0 Å². The van der Waals surface area contributed by atoms with Crippen LogP contribution >= 0.6 is 0 Å². The predicted molar refractivity (Wildman–Crippen MR) is 131 cm³/mol. The molecule has 1 saturated heterocycles. The standard InChI is InChI=1S/C28H36NSi/c1-20-17-24(22-9-6-5-7-10-22)19-27(21(20)2)28-26-12-11-25(30(4)15-8-16-30)18-23(26)13-14-29(28)3/h11-14,17-19,22H,5-10,15-16H2,1-4H3/q+1. The molecule has 2 fully saturated rings. The molecule has 0 N–H and O–H groups in total. The topological polar surface area (TPSA) is 3.88 Å². The van der Waals surface area contributed by atoms with E-state index in [1.165, 1.54) is 83.8 Å². The number of hydrogen-bond acceptors (Lipinski definition) is 0. The monoisotopic (exact) mass is 414 g/mol. The fourth-order valence-corrected chi connectivity index (χ4v) is 8.87. The van der Waals surface area contributed by atoms with E-state index in [0.29, 0.717) is 0 Å². The number of nitrogens with zero attached hydrogens (tertiary/aromatic N) is 1. The number of rotatable bonds is 3. The van der Waals surface area contributed by atoms with Crippen molar-refractivity contribution in [3.8, 4) is 11.3 Å². The summed E-state index contributed by atoms with van der Waals surface area (Å²) < 4.78 is 2.34. The van der Waals surface area contributed by atoms with Gasteiger partial charge in [-0.25, -0.2) is 4.57 Å². The third-order valence-electron chi connectivity index (χ3n) is 8.31. The number of pyridine rings is 1. The maximum Gasteiger partial charge on any atom is 0.220 e. The summed E-state index contributed by atoms with van der Waals surface area (Å²) in [6.45, 7) is 7.19.